The summed E-state index contributed by atoms with van der Waals surface area (Å²) in [5, 5.41) is 6.54. The first kappa shape index (κ1) is 22.2. The molecule has 0 atom stereocenters. The normalized spacial score (nSPS) is 10.9. The molecule has 174 valence electrons. The predicted molar refractivity (Wildman–Crippen MR) is 134 cm³/mol. The number of hydrogen-bond acceptors (Lipinski definition) is 5. The number of anilines is 1. The van der Waals surface area contributed by atoms with Crippen LogP contribution < -0.4 is 10.6 Å². The largest absolute Gasteiger partial charge is 0.375 e. The number of carbonyl (C=O) groups is 1. The van der Waals surface area contributed by atoms with Crippen LogP contribution in [0, 0.1) is 12.7 Å². The summed E-state index contributed by atoms with van der Waals surface area (Å²) in [6.45, 7) is 2.23. The van der Waals surface area contributed by atoms with E-state index >= 15 is 0 Å². The Kier molecular flexibility index (Phi) is 5.93. The second-order valence-corrected chi connectivity index (χ2v) is 8.12. The number of para-hydroxylation sites is 1. The van der Waals surface area contributed by atoms with Crippen LogP contribution in [0.1, 0.15) is 21.9 Å². The Balaban J connectivity index is 1.57. The Morgan fingerprint density at radius 2 is 1.89 bits per heavy atom. The van der Waals surface area contributed by atoms with Gasteiger partial charge in [-0.1, -0.05) is 24.3 Å². The number of rotatable bonds is 6. The maximum atomic E-state index is 14.1. The van der Waals surface area contributed by atoms with E-state index in [-0.39, 0.29) is 11.7 Å². The van der Waals surface area contributed by atoms with Crippen molar-refractivity contribution in [2.45, 2.75) is 13.5 Å². The van der Waals surface area contributed by atoms with Gasteiger partial charge in [-0.15, -0.1) is 0 Å². The fraction of sp³-hybridized carbons (Fsp3) is 0.111. The number of carbonyl (C=O) groups excluding carboxylic acids is 1. The summed E-state index contributed by atoms with van der Waals surface area (Å²) in [6, 6.07) is 19.9. The van der Waals surface area contributed by atoms with Gasteiger partial charge in [-0.3, -0.25) is 14.8 Å². The van der Waals surface area contributed by atoms with Gasteiger partial charge in [-0.2, -0.15) is 0 Å². The quantitative estimate of drug-likeness (QED) is 0.323. The molecule has 1 amide bonds. The van der Waals surface area contributed by atoms with Crippen molar-refractivity contribution in [1.29, 1.82) is 0 Å². The zero-order valence-electron chi connectivity index (χ0n) is 19.3. The minimum atomic E-state index is -0.325. The van der Waals surface area contributed by atoms with E-state index in [9.17, 15) is 9.18 Å². The van der Waals surface area contributed by atoms with Crippen LogP contribution in [0.4, 0.5) is 10.1 Å². The second kappa shape index (κ2) is 9.34. The van der Waals surface area contributed by atoms with Crippen LogP contribution in [0.25, 0.3) is 33.5 Å². The standard InChI is InChI=1S/C27H23FN6O/c1-16-6-5-9-23(32-16)26-25(33-24(34-26)15-31-22-8-4-3-7-20(22)28)17-10-11-21-18(12-17)13-19(14-30-21)27(35)29-2/h3-14,31H,15H2,1-2H3,(H,29,35)(H,33,34). The summed E-state index contributed by atoms with van der Waals surface area (Å²) in [4.78, 5) is 29.4. The fourth-order valence-electron chi connectivity index (χ4n) is 3.91. The van der Waals surface area contributed by atoms with Gasteiger partial charge in [0.25, 0.3) is 5.91 Å². The van der Waals surface area contributed by atoms with Gasteiger partial charge in [0, 0.05) is 29.9 Å². The molecule has 0 aliphatic heterocycles. The molecule has 0 radical (unpaired) electrons. The minimum Gasteiger partial charge on any atom is -0.375 e. The van der Waals surface area contributed by atoms with Crippen molar-refractivity contribution in [3.63, 3.8) is 0 Å². The van der Waals surface area contributed by atoms with Crippen molar-refractivity contribution in [2.75, 3.05) is 12.4 Å². The van der Waals surface area contributed by atoms with E-state index in [0.29, 0.717) is 29.3 Å². The monoisotopic (exact) mass is 466 g/mol. The minimum absolute atomic E-state index is 0.198. The third-order valence-corrected chi connectivity index (χ3v) is 5.66. The van der Waals surface area contributed by atoms with Crippen LogP contribution >= 0.6 is 0 Å². The Morgan fingerprint density at radius 3 is 2.69 bits per heavy atom. The van der Waals surface area contributed by atoms with Crippen molar-refractivity contribution < 1.29 is 9.18 Å². The van der Waals surface area contributed by atoms with Crippen molar-refractivity contribution in [1.82, 2.24) is 25.3 Å². The van der Waals surface area contributed by atoms with E-state index in [4.69, 9.17) is 4.98 Å². The highest BCUT2D eigenvalue weighted by Gasteiger charge is 2.17. The number of aryl methyl sites for hydroxylation is 1. The smallest absolute Gasteiger partial charge is 0.252 e. The summed E-state index contributed by atoms with van der Waals surface area (Å²) in [6.07, 6.45) is 1.56. The highest BCUT2D eigenvalue weighted by atomic mass is 19.1. The van der Waals surface area contributed by atoms with Gasteiger partial charge in [0.1, 0.15) is 11.6 Å². The predicted octanol–water partition coefficient (Wildman–Crippen LogP) is 5.11. The Labute approximate surface area is 201 Å². The summed E-state index contributed by atoms with van der Waals surface area (Å²) in [5.41, 5.74) is 5.60. The molecule has 3 N–H and O–H groups in total. The van der Waals surface area contributed by atoms with Crippen LogP contribution in [0.3, 0.4) is 0 Å². The van der Waals surface area contributed by atoms with Gasteiger partial charge in [-0.25, -0.2) is 9.37 Å². The van der Waals surface area contributed by atoms with E-state index in [2.05, 4.69) is 25.6 Å². The van der Waals surface area contributed by atoms with Crippen LogP contribution in [0.5, 0.6) is 0 Å². The molecule has 7 nitrogen and oxygen atoms in total. The second-order valence-electron chi connectivity index (χ2n) is 8.12. The molecule has 3 aromatic heterocycles. The molecule has 0 fully saturated rings. The van der Waals surface area contributed by atoms with Crippen LogP contribution in [-0.2, 0) is 6.54 Å². The maximum Gasteiger partial charge on any atom is 0.252 e. The van der Waals surface area contributed by atoms with Crippen molar-refractivity contribution in [3.05, 3.63) is 95.8 Å². The molecule has 0 aliphatic carbocycles. The number of aromatic amines is 1. The fourth-order valence-corrected chi connectivity index (χ4v) is 3.91. The Morgan fingerprint density at radius 1 is 1.03 bits per heavy atom. The van der Waals surface area contributed by atoms with Crippen LogP contribution in [-0.4, -0.2) is 32.9 Å². The summed E-state index contributed by atoms with van der Waals surface area (Å²) < 4.78 is 14.1. The molecular formula is C27H23FN6O. The number of H-pyrrole nitrogens is 1. The van der Waals surface area contributed by atoms with E-state index in [1.807, 2.05) is 49.4 Å². The molecule has 3 heterocycles. The summed E-state index contributed by atoms with van der Waals surface area (Å²) in [7, 11) is 1.59. The lowest BCUT2D eigenvalue weighted by molar-refractivity contribution is 0.0963. The van der Waals surface area contributed by atoms with Gasteiger partial charge in [0.15, 0.2) is 0 Å². The van der Waals surface area contributed by atoms with Crippen LogP contribution in [0.2, 0.25) is 0 Å². The summed E-state index contributed by atoms with van der Waals surface area (Å²) >= 11 is 0. The lowest BCUT2D eigenvalue weighted by Crippen LogP contribution is -2.17. The van der Waals surface area contributed by atoms with Gasteiger partial charge < -0.3 is 15.6 Å². The maximum absolute atomic E-state index is 14.1. The molecule has 0 unspecified atom stereocenters. The zero-order valence-corrected chi connectivity index (χ0v) is 19.3. The molecule has 0 saturated carbocycles. The van der Waals surface area contributed by atoms with E-state index < -0.39 is 0 Å². The number of benzene rings is 2. The van der Waals surface area contributed by atoms with E-state index in [1.54, 1.807) is 31.4 Å². The first-order valence-electron chi connectivity index (χ1n) is 11.2. The molecule has 35 heavy (non-hydrogen) atoms. The zero-order chi connectivity index (χ0) is 24.4. The first-order chi connectivity index (χ1) is 17.0. The molecular weight excluding hydrogens is 443 g/mol. The molecule has 2 aromatic carbocycles. The van der Waals surface area contributed by atoms with Crippen molar-refractivity contribution in [3.8, 4) is 22.6 Å². The molecule has 5 aromatic rings. The number of fused-ring (bicyclic) bond motifs is 1. The Hall–Kier alpha value is -4.59. The molecule has 0 aliphatic rings. The number of nitrogens with zero attached hydrogens (tertiary/aromatic N) is 3. The number of pyridine rings is 2. The molecule has 8 heteroatoms. The molecule has 5 rings (SSSR count). The van der Waals surface area contributed by atoms with Gasteiger partial charge in [0.2, 0.25) is 0 Å². The van der Waals surface area contributed by atoms with E-state index in [0.717, 1.165) is 33.5 Å². The molecule has 0 bridgehead atoms. The topological polar surface area (TPSA) is 95.6 Å². The van der Waals surface area contributed by atoms with Gasteiger partial charge in [0.05, 0.1) is 40.4 Å². The highest BCUT2D eigenvalue weighted by molar-refractivity contribution is 5.98. The lowest BCUT2D eigenvalue weighted by Gasteiger charge is -2.06. The average molecular weight is 467 g/mol. The average Bonchev–Trinajstić information content (AvgIpc) is 3.31. The molecule has 0 spiro atoms. The molecule has 0 saturated heterocycles. The van der Waals surface area contributed by atoms with Gasteiger partial charge >= 0.3 is 0 Å². The number of nitrogens with one attached hydrogen (secondary N) is 3. The number of imidazole rings is 1. The highest BCUT2D eigenvalue weighted by Crippen LogP contribution is 2.31. The van der Waals surface area contributed by atoms with Crippen molar-refractivity contribution in [2.24, 2.45) is 0 Å². The number of halogens is 1. The lowest BCUT2D eigenvalue weighted by atomic mass is 10.0. The number of hydrogen-bond donors (Lipinski definition) is 3. The number of amides is 1. The summed E-state index contributed by atoms with van der Waals surface area (Å²) in [5.74, 6) is 0.114. The third-order valence-electron chi connectivity index (χ3n) is 5.66. The SMILES string of the molecule is CNC(=O)c1cnc2ccc(-c3nc(CNc4ccccc4F)[nH]c3-c3cccc(C)n3)cc2c1. The van der Waals surface area contributed by atoms with Gasteiger partial charge in [-0.05, 0) is 49.4 Å². The number of aromatic nitrogens is 4. The Bertz CT molecular complexity index is 1540. The third kappa shape index (κ3) is 4.59. The van der Waals surface area contributed by atoms with E-state index in [1.165, 1.54) is 6.07 Å². The van der Waals surface area contributed by atoms with Crippen LogP contribution in [0.15, 0.2) is 72.9 Å². The van der Waals surface area contributed by atoms with Crippen molar-refractivity contribution >= 4 is 22.5 Å². The first-order valence-corrected chi connectivity index (χ1v) is 11.2.